The molecule has 0 unspecified atom stereocenters. The number of hydrogen-bond donors (Lipinski definition) is 1. The van der Waals surface area contributed by atoms with Crippen molar-refractivity contribution in [3.63, 3.8) is 0 Å². The molecule has 0 aromatic heterocycles. The highest BCUT2D eigenvalue weighted by Gasteiger charge is 2.26. The molecule has 1 atom stereocenters. The first-order valence-corrected chi connectivity index (χ1v) is 5.00. The minimum Gasteiger partial charge on any atom is -0.312 e. The van der Waals surface area contributed by atoms with Crippen molar-refractivity contribution in [1.82, 2.24) is 10.2 Å². The molecule has 0 spiro atoms. The summed E-state index contributed by atoms with van der Waals surface area (Å²) in [5.41, 5.74) is 0. The maximum Gasteiger partial charge on any atom is 0.389 e. The van der Waals surface area contributed by atoms with Crippen LogP contribution in [-0.2, 0) is 0 Å². The Morgan fingerprint density at radius 2 is 2.14 bits per heavy atom. The van der Waals surface area contributed by atoms with Crippen molar-refractivity contribution < 1.29 is 13.2 Å². The van der Waals surface area contributed by atoms with Gasteiger partial charge in [-0.15, -0.1) is 0 Å². The first-order valence-electron chi connectivity index (χ1n) is 5.00. The maximum atomic E-state index is 11.9. The van der Waals surface area contributed by atoms with E-state index in [0.29, 0.717) is 12.6 Å². The molecule has 0 radical (unpaired) electrons. The van der Waals surface area contributed by atoms with Crippen molar-refractivity contribution in [1.29, 1.82) is 0 Å². The smallest absolute Gasteiger partial charge is 0.312 e. The number of nitrogens with one attached hydrogen (secondary N) is 1. The second kappa shape index (κ2) is 4.98. The molecule has 0 bridgehead atoms. The summed E-state index contributed by atoms with van der Waals surface area (Å²) in [6, 6.07) is 0.398. The van der Waals surface area contributed by atoms with Crippen molar-refractivity contribution in [3.05, 3.63) is 0 Å². The summed E-state index contributed by atoms with van der Waals surface area (Å²) in [7, 11) is 0. The molecule has 1 saturated heterocycles. The van der Waals surface area contributed by atoms with E-state index >= 15 is 0 Å². The van der Waals surface area contributed by atoms with Gasteiger partial charge in [0.05, 0.1) is 0 Å². The van der Waals surface area contributed by atoms with E-state index in [1.807, 2.05) is 0 Å². The zero-order chi connectivity index (χ0) is 10.6. The van der Waals surface area contributed by atoms with Crippen LogP contribution in [0.25, 0.3) is 0 Å². The van der Waals surface area contributed by atoms with E-state index in [1.54, 1.807) is 0 Å². The normalized spacial score (nSPS) is 25.3. The molecule has 1 fully saturated rings. The first kappa shape index (κ1) is 11.8. The fourth-order valence-corrected chi connectivity index (χ4v) is 1.72. The Morgan fingerprint density at radius 3 is 2.71 bits per heavy atom. The summed E-state index contributed by atoms with van der Waals surface area (Å²) in [4.78, 5) is 2.09. The van der Waals surface area contributed by atoms with Crippen LogP contribution in [0.1, 0.15) is 19.8 Å². The number of halogens is 3. The van der Waals surface area contributed by atoms with Crippen molar-refractivity contribution >= 4 is 0 Å². The summed E-state index contributed by atoms with van der Waals surface area (Å²) < 4.78 is 35.6. The molecule has 0 saturated carbocycles. The molecule has 1 aliphatic rings. The Kier molecular flexibility index (Phi) is 4.19. The van der Waals surface area contributed by atoms with Gasteiger partial charge in [-0.25, -0.2) is 0 Å². The van der Waals surface area contributed by atoms with Gasteiger partial charge in [-0.05, 0) is 19.9 Å². The Morgan fingerprint density at radius 1 is 1.43 bits per heavy atom. The molecule has 1 rings (SSSR count). The molecule has 84 valence electrons. The standard InChI is InChI=1S/C9H17F3N2/c1-8-7-14(6-4-13-8)5-2-3-9(10,11)12/h8,13H,2-7H2,1H3/t8-/m1/s1. The molecule has 1 heterocycles. The molecule has 0 aliphatic carbocycles. The van der Waals surface area contributed by atoms with Crippen LogP contribution < -0.4 is 5.32 Å². The van der Waals surface area contributed by atoms with Crippen LogP contribution in [0.15, 0.2) is 0 Å². The number of rotatable bonds is 3. The number of hydrogen-bond acceptors (Lipinski definition) is 2. The van der Waals surface area contributed by atoms with Gasteiger partial charge in [-0.2, -0.15) is 13.2 Å². The van der Waals surface area contributed by atoms with Crippen molar-refractivity contribution in [2.75, 3.05) is 26.2 Å². The fraction of sp³-hybridized carbons (Fsp3) is 1.00. The summed E-state index contributed by atoms with van der Waals surface area (Å²) in [6.07, 6.45) is -4.44. The van der Waals surface area contributed by atoms with Crippen molar-refractivity contribution in [2.45, 2.75) is 32.0 Å². The van der Waals surface area contributed by atoms with Gasteiger partial charge in [0.15, 0.2) is 0 Å². The minimum absolute atomic E-state index is 0.218. The van der Waals surface area contributed by atoms with Crippen LogP contribution in [0.5, 0.6) is 0 Å². The Balaban J connectivity index is 2.12. The second-order valence-corrected chi connectivity index (χ2v) is 3.87. The topological polar surface area (TPSA) is 15.3 Å². The van der Waals surface area contributed by atoms with Crippen LogP contribution in [0.2, 0.25) is 0 Å². The Labute approximate surface area is 82.5 Å². The lowest BCUT2D eigenvalue weighted by Crippen LogP contribution is -2.49. The van der Waals surface area contributed by atoms with Crippen LogP contribution in [-0.4, -0.2) is 43.3 Å². The number of nitrogens with zero attached hydrogens (tertiary/aromatic N) is 1. The predicted molar refractivity (Wildman–Crippen MR) is 49.2 cm³/mol. The fourth-order valence-electron chi connectivity index (χ4n) is 1.72. The van der Waals surface area contributed by atoms with E-state index < -0.39 is 12.6 Å². The van der Waals surface area contributed by atoms with Gasteiger partial charge in [-0.3, -0.25) is 0 Å². The summed E-state index contributed by atoms with van der Waals surface area (Å²) in [5.74, 6) is 0. The molecule has 5 heteroatoms. The summed E-state index contributed by atoms with van der Waals surface area (Å²) in [6.45, 7) is 5.22. The van der Waals surface area contributed by atoms with E-state index in [4.69, 9.17) is 0 Å². The van der Waals surface area contributed by atoms with Gasteiger partial charge in [0, 0.05) is 32.1 Å². The molecule has 1 aliphatic heterocycles. The molecular weight excluding hydrogens is 193 g/mol. The van der Waals surface area contributed by atoms with Gasteiger partial charge in [0.2, 0.25) is 0 Å². The highest BCUT2D eigenvalue weighted by Crippen LogP contribution is 2.21. The molecular formula is C9H17F3N2. The zero-order valence-electron chi connectivity index (χ0n) is 8.40. The van der Waals surface area contributed by atoms with E-state index in [1.165, 1.54) is 0 Å². The average Bonchev–Trinajstić information content (AvgIpc) is 2.01. The van der Waals surface area contributed by atoms with Crippen molar-refractivity contribution in [3.8, 4) is 0 Å². The third-order valence-electron chi connectivity index (χ3n) is 2.39. The number of alkyl halides is 3. The molecule has 0 aromatic carbocycles. The highest BCUT2D eigenvalue weighted by atomic mass is 19.4. The summed E-state index contributed by atoms with van der Waals surface area (Å²) >= 11 is 0. The lowest BCUT2D eigenvalue weighted by Gasteiger charge is -2.31. The Bertz CT molecular complexity index is 170. The largest absolute Gasteiger partial charge is 0.389 e. The molecule has 1 N–H and O–H groups in total. The van der Waals surface area contributed by atoms with Crippen LogP contribution in [0.3, 0.4) is 0 Å². The van der Waals surface area contributed by atoms with E-state index in [2.05, 4.69) is 17.1 Å². The third-order valence-corrected chi connectivity index (χ3v) is 2.39. The Hall–Kier alpha value is -0.290. The highest BCUT2D eigenvalue weighted by molar-refractivity contribution is 4.74. The van der Waals surface area contributed by atoms with E-state index in [-0.39, 0.29) is 6.42 Å². The molecule has 0 amide bonds. The monoisotopic (exact) mass is 210 g/mol. The quantitative estimate of drug-likeness (QED) is 0.761. The summed E-state index contributed by atoms with van der Waals surface area (Å²) in [5, 5.41) is 3.25. The van der Waals surface area contributed by atoms with Gasteiger partial charge >= 0.3 is 6.18 Å². The lowest BCUT2D eigenvalue weighted by atomic mass is 10.2. The second-order valence-electron chi connectivity index (χ2n) is 3.87. The van der Waals surface area contributed by atoms with E-state index in [0.717, 1.165) is 19.6 Å². The first-order chi connectivity index (χ1) is 6.47. The average molecular weight is 210 g/mol. The van der Waals surface area contributed by atoms with Gasteiger partial charge < -0.3 is 10.2 Å². The van der Waals surface area contributed by atoms with Crippen LogP contribution in [0.4, 0.5) is 13.2 Å². The van der Waals surface area contributed by atoms with E-state index in [9.17, 15) is 13.2 Å². The minimum atomic E-state index is -4.00. The molecule has 2 nitrogen and oxygen atoms in total. The van der Waals surface area contributed by atoms with Crippen molar-refractivity contribution in [2.24, 2.45) is 0 Å². The third kappa shape index (κ3) is 4.81. The van der Waals surface area contributed by atoms with Crippen LogP contribution in [0, 0.1) is 0 Å². The maximum absolute atomic E-state index is 11.9. The SMILES string of the molecule is C[C@@H]1CN(CCCC(F)(F)F)CCN1. The van der Waals surface area contributed by atoms with Gasteiger partial charge in [-0.1, -0.05) is 0 Å². The zero-order valence-corrected chi connectivity index (χ0v) is 8.40. The lowest BCUT2D eigenvalue weighted by molar-refractivity contribution is -0.136. The van der Waals surface area contributed by atoms with Gasteiger partial charge in [0.25, 0.3) is 0 Å². The van der Waals surface area contributed by atoms with Gasteiger partial charge in [0.1, 0.15) is 0 Å². The molecule has 0 aromatic rings. The predicted octanol–water partition coefficient (Wildman–Crippen LogP) is 1.62. The molecule has 14 heavy (non-hydrogen) atoms. The number of piperazine rings is 1. The van der Waals surface area contributed by atoms with Crippen LogP contribution >= 0.6 is 0 Å².